The highest BCUT2D eigenvalue weighted by atomic mass is 16.5. The van der Waals surface area contributed by atoms with Crippen molar-refractivity contribution >= 4 is 5.82 Å². The number of hydrogen-bond donors (Lipinski definition) is 1. The Labute approximate surface area is 107 Å². The number of ether oxygens (including phenoxy) is 1. The molecule has 5 nitrogen and oxygen atoms in total. The predicted octanol–water partition coefficient (Wildman–Crippen LogP) is 1.06. The van der Waals surface area contributed by atoms with E-state index in [1.807, 2.05) is 0 Å². The lowest BCUT2D eigenvalue weighted by molar-refractivity contribution is 0.0653. The largest absolute Gasteiger partial charge is 0.382 e. The first-order valence-electron chi connectivity index (χ1n) is 6.71. The average molecular weight is 248 g/mol. The van der Waals surface area contributed by atoms with Crippen LogP contribution in [0.1, 0.15) is 25.0 Å². The second-order valence-corrected chi connectivity index (χ2v) is 5.27. The smallest absolute Gasteiger partial charge is 0.141 e. The number of anilines is 1. The van der Waals surface area contributed by atoms with Crippen LogP contribution in [0.15, 0.2) is 12.4 Å². The maximum Gasteiger partial charge on any atom is 0.141 e. The summed E-state index contributed by atoms with van der Waals surface area (Å²) < 4.78 is 5.78. The summed E-state index contributed by atoms with van der Waals surface area (Å²) in [6.45, 7) is 4.08. The molecule has 2 aliphatic rings. The maximum absolute atomic E-state index is 5.78. The molecule has 2 fully saturated rings. The van der Waals surface area contributed by atoms with Gasteiger partial charge in [-0.05, 0) is 31.7 Å². The van der Waals surface area contributed by atoms with Gasteiger partial charge in [-0.25, -0.2) is 4.98 Å². The summed E-state index contributed by atoms with van der Waals surface area (Å²) in [5.41, 5.74) is 6.53. The van der Waals surface area contributed by atoms with E-state index in [2.05, 4.69) is 14.9 Å². The molecule has 0 aromatic carbocycles. The Hall–Kier alpha value is -1.20. The van der Waals surface area contributed by atoms with Crippen LogP contribution >= 0.6 is 0 Å². The van der Waals surface area contributed by atoms with Crippen LogP contribution in [0, 0.1) is 5.92 Å². The van der Waals surface area contributed by atoms with Crippen molar-refractivity contribution in [1.82, 2.24) is 14.9 Å². The molecule has 0 aliphatic carbocycles. The van der Waals surface area contributed by atoms with Crippen molar-refractivity contribution in [1.29, 1.82) is 0 Å². The highest BCUT2D eigenvalue weighted by molar-refractivity contribution is 5.22. The van der Waals surface area contributed by atoms with Crippen LogP contribution in [-0.4, -0.2) is 40.7 Å². The minimum atomic E-state index is 0.484. The molecule has 3 rings (SSSR count). The van der Waals surface area contributed by atoms with Gasteiger partial charge >= 0.3 is 0 Å². The molecule has 98 valence electrons. The number of likely N-dealkylation sites (tertiary alicyclic amines) is 1. The van der Waals surface area contributed by atoms with E-state index in [-0.39, 0.29) is 0 Å². The molecule has 2 unspecified atom stereocenters. The zero-order valence-electron chi connectivity index (χ0n) is 10.6. The number of hydrogen-bond acceptors (Lipinski definition) is 5. The summed E-state index contributed by atoms with van der Waals surface area (Å²) in [6, 6.07) is 0. The number of nitrogen functional groups attached to an aromatic ring is 1. The molecular formula is C13H20N4O. The Balaban J connectivity index is 1.54. The summed E-state index contributed by atoms with van der Waals surface area (Å²) in [4.78, 5) is 10.8. The normalized spacial score (nSPS) is 28.9. The van der Waals surface area contributed by atoms with E-state index >= 15 is 0 Å². The SMILES string of the molecule is Nc1cnc(CN2CCC(C3CCCO3)C2)cn1. The molecule has 0 spiro atoms. The highest BCUT2D eigenvalue weighted by Gasteiger charge is 2.32. The molecule has 1 aromatic heterocycles. The van der Waals surface area contributed by atoms with Crippen LogP contribution in [0.2, 0.25) is 0 Å². The quantitative estimate of drug-likeness (QED) is 0.866. The van der Waals surface area contributed by atoms with Crippen molar-refractivity contribution in [3.63, 3.8) is 0 Å². The lowest BCUT2D eigenvalue weighted by Gasteiger charge is -2.19. The highest BCUT2D eigenvalue weighted by Crippen LogP contribution is 2.28. The van der Waals surface area contributed by atoms with Crippen molar-refractivity contribution in [2.24, 2.45) is 5.92 Å². The van der Waals surface area contributed by atoms with Crippen LogP contribution < -0.4 is 5.73 Å². The fraction of sp³-hybridized carbons (Fsp3) is 0.692. The Bertz CT molecular complexity index is 388. The van der Waals surface area contributed by atoms with Gasteiger partial charge in [0.1, 0.15) is 5.82 Å². The van der Waals surface area contributed by atoms with Gasteiger partial charge in [0.2, 0.25) is 0 Å². The number of rotatable bonds is 3. The van der Waals surface area contributed by atoms with E-state index in [9.17, 15) is 0 Å². The number of nitrogens with zero attached hydrogens (tertiary/aromatic N) is 3. The zero-order chi connectivity index (χ0) is 12.4. The van der Waals surface area contributed by atoms with Gasteiger partial charge in [-0.2, -0.15) is 0 Å². The fourth-order valence-corrected chi connectivity index (χ4v) is 2.96. The van der Waals surface area contributed by atoms with Crippen molar-refractivity contribution in [3.8, 4) is 0 Å². The molecule has 2 aliphatic heterocycles. The van der Waals surface area contributed by atoms with Gasteiger partial charge in [0.25, 0.3) is 0 Å². The van der Waals surface area contributed by atoms with Crippen molar-refractivity contribution in [2.75, 3.05) is 25.4 Å². The van der Waals surface area contributed by atoms with Crippen LogP contribution in [-0.2, 0) is 11.3 Å². The molecular weight excluding hydrogens is 228 g/mol. The third-order valence-corrected chi connectivity index (χ3v) is 3.91. The second-order valence-electron chi connectivity index (χ2n) is 5.27. The molecule has 3 heterocycles. The molecule has 1 aromatic rings. The topological polar surface area (TPSA) is 64.3 Å². The zero-order valence-corrected chi connectivity index (χ0v) is 10.6. The molecule has 0 saturated carbocycles. The Morgan fingerprint density at radius 1 is 1.33 bits per heavy atom. The Morgan fingerprint density at radius 3 is 3.00 bits per heavy atom. The first-order chi connectivity index (χ1) is 8.81. The Morgan fingerprint density at radius 2 is 2.28 bits per heavy atom. The van der Waals surface area contributed by atoms with E-state index in [0.29, 0.717) is 17.8 Å². The van der Waals surface area contributed by atoms with Gasteiger partial charge < -0.3 is 10.5 Å². The van der Waals surface area contributed by atoms with Crippen molar-refractivity contribution in [2.45, 2.75) is 31.9 Å². The van der Waals surface area contributed by atoms with Gasteiger partial charge in [0, 0.05) is 19.7 Å². The molecule has 2 N–H and O–H groups in total. The van der Waals surface area contributed by atoms with E-state index in [0.717, 1.165) is 31.9 Å². The standard InChI is InChI=1S/C13H20N4O/c14-13-7-15-11(6-16-13)9-17-4-3-10(8-17)12-2-1-5-18-12/h6-7,10,12H,1-5,8-9H2,(H2,14,16). The van der Waals surface area contributed by atoms with E-state index in [1.54, 1.807) is 12.4 Å². The summed E-state index contributed by atoms with van der Waals surface area (Å²) in [5, 5.41) is 0. The monoisotopic (exact) mass is 248 g/mol. The van der Waals surface area contributed by atoms with Gasteiger partial charge in [0.15, 0.2) is 0 Å². The minimum absolute atomic E-state index is 0.484. The van der Waals surface area contributed by atoms with E-state index in [4.69, 9.17) is 10.5 Å². The van der Waals surface area contributed by atoms with Gasteiger partial charge in [-0.3, -0.25) is 9.88 Å². The fourth-order valence-electron chi connectivity index (χ4n) is 2.96. The molecule has 18 heavy (non-hydrogen) atoms. The minimum Gasteiger partial charge on any atom is -0.382 e. The summed E-state index contributed by atoms with van der Waals surface area (Å²) in [6.07, 6.45) is 7.60. The van der Waals surface area contributed by atoms with Crippen LogP contribution in [0.3, 0.4) is 0 Å². The first kappa shape index (κ1) is 11.9. The molecule has 2 atom stereocenters. The molecule has 5 heteroatoms. The van der Waals surface area contributed by atoms with Crippen LogP contribution in [0.4, 0.5) is 5.82 Å². The average Bonchev–Trinajstić information content (AvgIpc) is 3.02. The number of nitrogens with two attached hydrogens (primary N) is 1. The number of aromatic nitrogens is 2. The van der Waals surface area contributed by atoms with Gasteiger partial charge in [0.05, 0.1) is 24.2 Å². The third kappa shape index (κ3) is 2.62. The van der Waals surface area contributed by atoms with E-state index in [1.165, 1.54) is 19.3 Å². The van der Waals surface area contributed by atoms with Crippen molar-refractivity contribution < 1.29 is 4.74 Å². The predicted molar refractivity (Wildman–Crippen MR) is 68.8 cm³/mol. The molecule has 0 bridgehead atoms. The first-order valence-corrected chi connectivity index (χ1v) is 6.71. The summed E-state index contributed by atoms with van der Waals surface area (Å²) in [5.74, 6) is 1.19. The van der Waals surface area contributed by atoms with Gasteiger partial charge in [-0.1, -0.05) is 0 Å². The molecule has 0 amide bonds. The third-order valence-electron chi connectivity index (χ3n) is 3.91. The second kappa shape index (κ2) is 5.20. The lowest BCUT2D eigenvalue weighted by atomic mass is 9.99. The molecule has 0 radical (unpaired) electrons. The summed E-state index contributed by atoms with van der Waals surface area (Å²) in [7, 11) is 0. The maximum atomic E-state index is 5.78. The summed E-state index contributed by atoms with van der Waals surface area (Å²) >= 11 is 0. The molecule has 2 saturated heterocycles. The van der Waals surface area contributed by atoms with Crippen molar-refractivity contribution in [3.05, 3.63) is 18.1 Å². The van der Waals surface area contributed by atoms with E-state index < -0.39 is 0 Å². The Kier molecular flexibility index (Phi) is 3.43. The van der Waals surface area contributed by atoms with Crippen LogP contribution in [0.25, 0.3) is 0 Å². The van der Waals surface area contributed by atoms with Crippen LogP contribution in [0.5, 0.6) is 0 Å². The lowest BCUT2D eigenvalue weighted by Crippen LogP contribution is -2.25. The van der Waals surface area contributed by atoms with Gasteiger partial charge in [-0.15, -0.1) is 0 Å².